The maximum atomic E-state index is 12.9. The van der Waals surface area contributed by atoms with Gasteiger partial charge >= 0.3 is 0 Å². The molecule has 6 heteroatoms. The van der Waals surface area contributed by atoms with Crippen LogP contribution in [0.5, 0.6) is 0 Å². The summed E-state index contributed by atoms with van der Waals surface area (Å²) in [6.07, 6.45) is 3.83. The Bertz CT molecular complexity index is 799. The van der Waals surface area contributed by atoms with Crippen LogP contribution in [0.15, 0.2) is 36.5 Å². The first-order valence-corrected chi connectivity index (χ1v) is 9.27. The average molecular weight is 351 g/mol. The van der Waals surface area contributed by atoms with E-state index < -0.39 is 0 Å². The van der Waals surface area contributed by atoms with E-state index in [9.17, 15) is 4.79 Å². The Morgan fingerprint density at radius 2 is 1.96 bits per heavy atom. The van der Waals surface area contributed by atoms with Crippen molar-refractivity contribution < 1.29 is 4.79 Å². The van der Waals surface area contributed by atoms with E-state index in [4.69, 9.17) is 0 Å². The normalized spacial score (nSPS) is 17.7. The van der Waals surface area contributed by atoms with E-state index in [0.717, 1.165) is 61.7 Å². The zero-order valence-corrected chi connectivity index (χ0v) is 15.1. The zero-order chi connectivity index (χ0) is 17.9. The minimum absolute atomic E-state index is 0.000965. The van der Waals surface area contributed by atoms with Crippen LogP contribution in [0, 0.1) is 0 Å². The summed E-state index contributed by atoms with van der Waals surface area (Å²) in [5.74, 6) is 0.868. The zero-order valence-electron chi connectivity index (χ0n) is 15.1. The van der Waals surface area contributed by atoms with Gasteiger partial charge in [0.05, 0.1) is 5.69 Å². The summed E-state index contributed by atoms with van der Waals surface area (Å²) in [6.45, 7) is 3.80. The topological polar surface area (TPSA) is 69.3 Å². The van der Waals surface area contributed by atoms with E-state index in [1.807, 2.05) is 30.5 Å². The molecule has 0 saturated carbocycles. The molecule has 2 aliphatic rings. The number of pyridine rings is 1. The number of fused-ring (bicyclic) bond motifs is 1. The first-order valence-electron chi connectivity index (χ1n) is 9.27. The third-order valence-corrected chi connectivity index (χ3v) is 5.16. The Morgan fingerprint density at radius 3 is 2.81 bits per heavy atom. The fourth-order valence-electron chi connectivity index (χ4n) is 3.61. The van der Waals surface area contributed by atoms with Crippen molar-refractivity contribution in [3.8, 4) is 11.1 Å². The first-order chi connectivity index (χ1) is 12.7. The number of nitrogens with zero attached hydrogens (tertiary/aromatic N) is 2. The number of rotatable bonds is 3. The molecular weight excluding hydrogens is 326 g/mol. The largest absolute Gasteiger partial charge is 0.380 e. The molecule has 136 valence electrons. The number of amides is 1. The van der Waals surface area contributed by atoms with Crippen LogP contribution in [0.3, 0.4) is 0 Å². The van der Waals surface area contributed by atoms with Gasteiger partial charge in [-0.2, -0.15) is 0 Å². The van der Waals surface area contributed by atoms with E-state index in [0.29, 0.717) is 5.56 Å². The molecule has 1 fully saturated rings. The number of benzene rings is 1. The predicted octanol–water partition coefficient (Wildman–Crippen LogP) is 2.41. The van der Waals surface area contributed by atoms with Crippen LogP contribution in [0.4, 0.5) is 11.5 Å². The van der Waals surface area contributed by atoms with Crippen molar-refractivity contribution in [3.63, 3.8) is 0 Å². The van der Waals surface area contributed by atoms with Gasteiger partial charge in [-0.1, -0.05) is 18.2 Å². The van der Waals surface area contributed by atoms with Crippen LogP contribution in [0.25, 0.3) is 11.1 Å². The van der Waals surface area contributed by atoms with Crippen molar-refractivity contribution in [1.29, 1.82) is 0 Å². The highest BCUT2D eigenvalue weighted by atomic mass is 16.1. The number of likely N-dealkylation sites (tertiary alicyclic amines) is 1. The average Bonchev–Trinajstić information content (AvgIpc) is 2.69. The Morgan fingerprint density at radius 1 is 1.19 bits per heavy atom. The van der Waals surface area contributed by atoms with Gasteiger partial charge in [0.25, 0.3) is 5.91 Å². The number of anilines is 2. The molecule has 0 bridgehead atoms. The summed E-state index contributed by atoms with van der Waals surface area (Å²) in [5.41, 5.74) is 3.56. The molecule has 2 aromatic rings. The molecule has 26 heavy (non-hydrogen) atoms. The van der Waals surface area contributed by atoms with Crippen molar-refractivity contribution in [1.82, 2.24) is 15.2 Å². The molecule has 0 spiro atoms. The number of carbonyl (C=O) groups is 1. The lowest BCUT2D eigenvalue weighted by Crippen LogP contribution is -2.43. The monoisotopic (exact) mass is 351 g/mol. The molecule has 6 nitrogen and oxygen atoms in total. The fourth-order valence-corrected chi connectivity index (χ4v) is 3.61. The summed E-state index contributed by atoms with van der Waals surface area (Å²) in [6, 6.07) is 10.1. The lowest BCUT2D eigenvalue weighted by atomic mass is 9.98. The summed E-state index contributed by atoms with van der Waals surface area (Å²) >= 11 is 0. The van der Waals surface area contributed by atoms with Crippen LogP contribution in [-0.2, 0) is 0 Å². The van der Waals surface area contributed by atoms with E-state index in [-0.39, 0.29) is 11.9 Å². The summed E-state index contributed by atoms with van der Waals surface area (Å²) in [5, 5.41) is 9.85. The maximum Gasteiger partial charge on any atom is 0.252 e. The number of aromatic nitrogens is 1. The highest BCUT2D eigenvalue weighted by molar-refractivity contribution is 6.01. The second-order valence-corrected chi connectivity index (χ2v) is 7.07. The van der Waals surface area contributed by atoms with Crippen molar-refractivity contribution in [2.75, 3.05) is 43.9 Å². The molecule has 1 saturated heterocycles. The smallest absolute Gasteiger partial charge is 0.252 e. The van der Waals surface area contributed by atoms with Crippen molar-refractivity contribution in [3.05, 3.63) is 42.1 Å². The number of hydrogen-bond acceptors (Lipinski definition) is 5. The molecule has 4 rings (SSSR count). The SMILES string of the molecule is CN1CCC(NC(=O)c2ccccc2-c2cnc3c(c2)NCCN3)CC1. The second-order valence-electron chi connectivity index (χ2n) is 7.07. The molecule has 0 radical (unpaired) electrons. The van der Waals surface area contributed by atoms with E-state index in [1.165, 1.54) is 0 Å². The first kappa shape index (κ1) is 16.8. The number of carbonyl (C=O) groups excluding carboxylic acids is 1. The lowest BCUT2D eigenvalue weighted by Gasteiger charge is -2.29. The van der Waals surface area contributed by atoms with Crippen LogP contribution < -0.4 is 16.0 Å². The Balaban J connectivity index is 1.57. The third-order valence-electron chi connectivity index (χ3n) is 5.16. The second kappa shape index (κ2) is 7.33. The molecule has 3 heterocycles. The molecular formula is C20H25N5O. The van der Waals surface area contributed by atoms with Crippen molar-refractivity contribution >= 4 is 17.4 Å². The Kier molecular flexibility index (Phi) is 4.75. The number of hydrogen-bond donors (Lipinski definition) is 3. The molecule has 0 atom stereocenters. The third kappa shape index (κ3) is 3.51. The van der Waals surface area contributed by atoms with Gasteiger partial charge in [0, 0.05) is 36.5 Å². The standard InChI is InChI=1S/C20H25N5O/c1-25-10-6-15(7-11-25)24-20(26)17-5-3-2-4-16(17)14-12-18-19(23-13-14)22-9-8-21-18/h2-5,12-13,15,21H,6-11H2,1H3,(H,22,23)(H,24,26). The van der Waals surface area contributed by atoms with E-state index in [1.54, 1.807) is 0 Å². The van der Waals surface area contributed by atoms with Gasteiger partial charge in [0.15, 0.2) is 0 Å². The van der Waals surface area contributed by atoms with Gasteiger partial charge in [-0.25, -0.2) is 4.98 Å². The predicted molar refractivity (Wildman–Crippen MR) is 105 cm³/mol. The minimum atomic E-state index is -0.000965. The van der Waals surface area contributed by atoms with Crippen LogP contribution in [0.2, 0.25) is 0 Å². The van der Waals surface area contributed by atoms with E-state index in [2.05, 4.69) is 38.9 Å². The van der Waals surface area contributed by atoms with Gasteiger partial charge in [0.2, 0.25) is 0 Å². The van der Waals surface area contributed by atoms with Crippen LogP contribution >= 0.6 is 0 Å². The highest BCUT2D eigenvalue weighted by Crippen LogP contribution is 2.30. The van der Waals surface area contributed by atoms with E-state index >= 15 is 0 Å². The summed E-state index contributed by atoms with van der Waals surface area (Å²) in [7, 11) is 2.12. The minimum Gasteiger partial charge on any atom is -0.380 e. The van der Waals surface area contributed by atoms with Gasteiger partial charge < -0.3 is 20.9 Å². The van der Waals surface area contributed by atoms with Gasteiger partial charge in [-0.15, -0.1) is 0 Å². The molecule has 1 aromatic heterocycles. The Labute approximate surface area is 154 Å². The highest BCUT2D eigenvalue weighted by Gasteiger charge is 2.21. The molecule has 1 aromatic carbocycles. The quantitative estimate of drug-likeness (QED) is 0.792. The molecule has 0 unspecified atom stereocenters. The molecule has 0 aliphatic carbocycles. The maximum absolute atomic E-state index is 12.9. The molecule has 3 N–H and O–H groups in total. The van der Waals surface area contributed by atoms with Crippen LogP contribution in [0.1, 0.15) is 23.2 Å². The van der Waals surface area contributed by atoms with Crippen molar-refractivity contribution in [2.24, 2.45) is 0 Å². The lowest BCUT2D eigenvalue weighted by molar-refractivity contribution is 0.0917. The Hall–Kier alpha value is -2.60. The number of piperidine rings is 1. The number of nitrogens with one attached hydrogen (secondary N) is 3. The van der Waals surface area contributed by atoms with Gasteiger partial charge in [-0.3, -0.25) is 4.79 Å². The summed E-state index contributed by atoms with van der Waals surface area (Å²) in [4.78, 5) is 19.7. The van der Waals surface area contributed by atoms with Crippen molar-refractivity contribution in [2.45, 2.75) is 18.9 Å². The van der Waals surface area contributed by atoms with Crippen LogP contribution in [-0.4, -0.2) is 55.1 Å². The fraction of sp³-hybridized carbons (Fsp3) is 0.400. The molecule has 1 amide bonds. The molecule has 2 aliphatic heterocycles. The van der Waals surface area contributed by atoms with Gasteiger partial charge in [0.1, 0.15) is 5.82 Å². The van der Waals surface area contributed by atoms with Gasteiger partial charge in [-0.05, 0) is 50.7 Å². The summed E-state index contributed by atoms with van der Waals surface area (Å²) < 4.78 is 0.